The van der Waals surface area contributed by atoms with Gasteiger partial charge in [0.1, 0.15) is 24.1 Å². The highest BCUT2D eigenvalue weighted by molar-refractivity contribution is 8.13. The lowest BCUT2D eigenvalue weighted by Gasteiger charge is -2.12. The molecule has 1 unspecified atom stereocenters. The number of hydrogen-bond acceptors (Lipinski definition) is 4. The van der Waals surface area contributed by atoms with Gasteiger partial charge in [0.25, 0.3) is 0 Å². The predicted octanol–water partition coefficient (Wildman–Crippen LogP) is 2.18. The van der Waals surface area contributed by atoms with Crippen LogP contribution in [0, 0.1) is 11.7 Å². The number of carboxylic acid groups (broad SMARTS) is 1. The summed E-state index contributed by atoms with van der Waals surface area (Å²) in [6.07, 6.45) is 0. The van der Waals surface area contributed by atoms with Crippen molar-refractivity contribution >= 4 is 22.8 Å². The molecule has 0 heterocycles. The van der Waals surface area contributed by atoms with Gasteiger partial charge >= 0.3 is 5.97 Å². The van der Waals surface area contributed by atoms with Crippen LogP contribution in [0.15, 0.2) is 24.3 Å². The zero-order valence-corrected chi connectivity index (χ0v) is 10.6. The molecule has 0 spiro atoms. The maximum atomic E-state index is 12.6. The molecule has 0 aliphatic heterocycles. The van der Waals surface area contributed by atoms with Crippen molar-refractivity contribution in [2.24, 2.45) is 5.92 Å². The number of hydrogen-bond donors (Lipinski definition) is 1. The summed E-state index contributed by atoms with van der Waals surface area (Å²) in [5, 5.41) is 8.81. The molecule has 6 heteroatoms. The summed E-state index contributed by atoms with van der Waals surface area (Å²) in [7, 11) is 0. The third-order valence-corrected chi connectivity index (χ3v) is 3.08. The number of aliphatic carboxylic acids is 1. The van der Waals surface area contributed by atoms with Crippen molar-refractivity contribution in [1.29, 1.82) is 0 Å². The predicted molar refractivity (Wildman–Crippen MR) is 66.2 cm³/mol. The topological polar surface area (TPSA) is 63.6 Å². The lowest BCUT2D eigenvalue weighted by Crippen LogP contribution is -2.24. The number of benzene rings is 1. The van der Waals surface area contributed by atoms with Crippen molar-refractivity contribution in [2.75, 3.05) is 12.4 Å². The number of halogens is 1. The van der Waals surface area contributed by atoms with Crippen LogP contribution >= 0.6 is 11.8 Å². The number of carbonyl (C=O) groups excluding carboxylic acids is 1. The van der Waals surface area contributed by atoms with Gasteiger partial charge in [-0.25, -0.2) is 4.39 Å². The van der Waals surface area contributed by atoms with E-state index >= 15 is 0 Å². The van der Waals surface area contributed by atoms with Crippen LogP contribution < -0.4 is 4.74 Å². The van der Waals surface area contributed by atoms with E-state index in [1.165, 1.54) is 31.2 Å². The molecule has 1 rings (SSSR count). The number of carbonyl (C=O) groups is 2. The highest BCUT2D eigenvalue weighted by atomic mass is 32.2. The molecule has 0 aliphatic carbocycles. The van der Waals surface area contributed by atoms with E-state index in [1.54, 1.807) is 0 Å². The van der Waals surface area contributed by atoms with Gasteiger partial charge in [-0.2, -0.15) is 0 Å². The zero-order chi connectivity index (χ0) is 13.5. The molecule has 0 bridgehead atoms. The molecule has 0 aliphatic rings. The van der Waals surface area contributed by atoms with Gasteiger partial charge in [-0.3, -0.25) is 9.59 Å². The third kappa shape index (κ3) is 5.18. The Morgan fingerprint density at radius 3 is 2.50 bits per heavy atom. The fraction of sp³-hybridized carbons (Fsp3) is 0.333. The van der Waals surface area contributed by atoms with Gasteiger partial charge in [-0.1, -0.05) is 11.8 Å². The summed E-state index contributed by atoms with van der Waals surface area (Å²) in [6.45, 7) is 1.33. The lowest BCUT2D eigenvalue weighted by molar-refractivity contribution is -0.141. The van der Waals surface area contributed by atoms with E-state index in [4.69, 9.17) is 9.84 Å². The van der Waals surface area contributed by atoms with Crippen molar-refractivity contribution in [3.63, 3.8) is 0 Å². The summed E-state index contributed by atoms with van der Waals surface area (Å²) in [5.41, 5.74) is 0. The maximum Gasteiger partial charge on any atom is 0.310 e. The van der Waals surface area contributed by atoms with Crippen molar-refractivity contribution < 1.29 is 23.8 Å². The van der Waals surface area contributed by atoms with Gasteiger partial charge < -0.3 is 9.84 Å². The van der Waals surface area contributed by atoms with Gasteiger partial charge in [-0.15, -0.1) is 0 Å². The Bertz CT molecular complexity index is 419. The number of thioether (sulfide) groups is 1. The van der Waals surface area contributed by atoms with E-state index in [-0.39, 0.29) is 23.3 Å². The van der Waals surface area contributed by atoms with Crippen molar-refractivity contribution in [3.05, 3.63) is 30.1 Å². The van der Waals surface area contributed by atoms with Gasteiger partial charge in [0.15, 0.2) is 5.12 Å². The molecule has 0 saturated heterocycles. The Hall–Kier alpha value is -1.56. The van der Waals surface area contributed by atoms with Crippen LogP contribution in [0.4, 0.5) is 4.39 Å². The lowest BCUT2D eigenvalue weighted by atomic mass is 10.2. The van der Waals surface area contributed by atoms with E-state index in [1.807, 2.05) is 0 Å². The van der Waals surface area contributed by atoms with E-state index < -0.39 is 11.9 Å². The molecule has 0 amide bonds. The van der Waals surface area contributed by atoms with Crippen LogP contribution in [-0.2, 0) is 9.59 Å². The SMILES string of the molecule is CC(=O)SCC(COc1ccc(F)cc1)C(=O)O. The van der Waals surface area contributed by atoms with Gasteiger partial charge in [-0.05, 0) is 24.3 Å². The Labute approximate surface area is 108 Å². The first kappa shape index (κ1) is 14.5. The molecule has 1 atom stereocenters. The van der Waals surface area contributed by atoms with Gasteiger partial charge in [0.05, 0.1) is 0 Å². The number of ether oxygens (including phenoxy) is 1. The molecule has 0 aromatic heterocycles. The van der Waals surface area contributed by atoms with Crippen LogP contribution in [-0.4, -0.2) is 28.6 Å². The van der Waals surface area contributed by atoms with Crippen LogP contribution in [0.1, 0.15) is 6.92 Å². The maximum absolute atomic E-state index is 12.6. The quantitative estimate of drug-likeness (QED) is 0.860. The first-order valence-electron chi connectivity index (χ1n) is 5.23. The molecule has 1 aromatic rings. The first-order chi connectivity index (χ1) is 8.49. The second-order valence-corrected chi connectivity index (χ2v) is 4.80. The van der Waals surface area contributed by atoms with Crippen molar-refractivity contribution in [2.45, 2.75) is 6.92 Å². The Kier molecular flexibility index (Phi) is 5.64. The van der Waals surface area contributed by atoms with E-state index in [0.717, 1.165) is 11.8 Å². The van der Waals surface area contributed by atoms with Crippen molar-refractivity contribution in [3.8, 4) is 5.75 Å². The van der Waals surface area contributed by atoms with Crippen LogP contribution in [0.3, 0.4) is 0 Å². The summed E-state index contributed by atoms with van der Waals surface area (Å²) in [6, 6.07) is 5.31. The van der Waals surface area contributed by atoms with Crippen LogP contribution in [0.2, 0.25) is 0 Å². The zero-order valence-electron chi connectivity index (χ0n) is 9.76. The van der Waals surface area contributed by atoms with E-state index in [0.29, 0.717) is 5.75 Å². The van der Waals surface area contributed by atoms with Crippen molar-refractivity contribution in [1.82, 2.24) is 0 Å². The molecular formula is C12H13FO4S. The Morgan fingerprint density at radius 2 is 2.00 bits per heavy atom. The molecule has 18 heavy (non-hydrogen) atoms. The minimum atomic E-state index is -1.02. The summed E-state index contributed by atoms with van der Waals surface area (Å²) < 4.78 is 17.9. The van der Waals surface area contributed by atoms with E-state index in [2.05, 4.69) is 0 Å². The smallest absolute Gasteiger partial charge is 0.310 e. The van der Waals surface area contributed by atoms with Gasteiger partial charge in [0.2, 0.25) is 0 Å². The van der Waals surface area contributed by atoms with Crippen LogP contribution in [0.25, 0.3) is 0 Å². The summed E-state index contributed by atoms with van der Waals surface area (Å²) >= 11 is 0.946. The summed E-state index contributed by atoms with van der Waals surface area (Å²) in [4.78, 5) is 21.7. The Balaban J connectivity index is 2.49. The monoisotopic (exact) mass is 272 g/mol. The second kappa shape index (κ2) is 7.00. The minimum Gasteiger partial charge on any atom is -0.493 e. The summed E-state index contributed by atoms with van der Waals surface area (Å²) in [5.74, 6) is -1.62. The molecule has 4 nitrogen and oxygen atoms in total. The highest BCUT2D eigenvalue weighted by Gasteiger charge is 2.19. The van der Waals surface area contributed by atoms with Gasteiger partial charge in [0, 0.05) is 12.7 Å². The Morgan fingerprint density at radius 1 is 1.39 bits per heavy atom. The fourth-order valence-electron chi connectivity index (χ4n) is 1.14. The molecule has 98 valence electrons. The normalized spacial score (nSPS) is 11.9. The number of carboxylic acids is 1. The second-order valence-electron chi connectivity index (χ2n) is 3.60. The van der Waals surface area contributed by atoms with E-state index in [9.17, 15) is 14.0 Å². The molecular weight excluding hydrogens is 259 g/mol. The standard InChI is InChI=1S/C12H13FO4S/c1-8(14)18-7-9(12(15)16)6-17-11-4-2-10(13)3-5-11/h2-5,9H,6-7H2,1H3,(H,15,16). The number of rotatable bonds is 6. The molecule has 0 radical (unpaired) electrons. The molecule has 1 aromatic carbocycles. The average Bonchev–Trinajstić information content (AvgIpc) is 2.30. The average molecular weight is 272 g/mol. The minimum absolute atomic E-state index is 0.0543. The highest BCUT2D eigenvalue weighted by Crippen LogP contribution is 2.15. The molecule has 0 fully saturated rings. The third-order valence-electron chi connectivity index (χ3n) is 2.10. The fourth-order valence-corrected chi connectivity index (χ4v) is 1.81. The molecule has 1 N–H and O–H groups in total. The first-order valence-corrected chi connectivity index (χ1v) is 6.22. The molecule has 0 saturated carbocycles. The largest absolute Gasteiger partial charge is 0.493 e. The van der Waals surface area contributed by atoms with Crippen LogP contribution in [0.5, 0.6) is 5.75 Å².